The van der Waals surface area contributed by atoms with Crippen LogP contribution in [0.15, 0.2) is 103 Å². The molecule has 0 aliphatic carbocycles. The van der Waals surface area contributed by atoms with Gasteiger partial charge in [-0.2, -0.15) is 0 Å². The lowest BCUT2D eigenvalue weighted by atomic mass is 9.64. The van der Waals surface area contributed by atoms with Crippen LogP contribution in [0, 0.1) is 19.8 Å². The summed E-state index contributed by atoms with van der Waals surface area (Å²) < 4.78 is 0. The number of Topliss-reactive ketones (excluding diaryl/α,β-unsaturated/α-hetero) is 2. The van der Waals surface area contributed by atoms with Gasteiger partial charge in [-0.3, -0.25) is 14.4 Å². The van der Waals surface area contributed by atoms with Crippen molar-refractivity contribution >= 4 is 34.4 Å². The van der Waals surface area contributed by atoms with Crippen LogP contribution < -0.4 is 10.2 Å². The molecule has 3 aliphatic rings. The largest absolute Gasteiger partial charge is 0.352 e. The molecule has 4 atom stereocenters. The molecule has 0 bridgehead atoms. The number of hydrogen-bond donors (Lipinski definition) is 1. The monoisotopic (exact) mass is 538 g/mol. The lowest BCUT2D eigenvalue weighted by molar-refractivity contribution is -0.121. The Kier molecular flexibility index (Phi) is 5.62. The van der Waals surface area contributed by atoms with Crippen molar-refractivity contribution in [3.8, 4) is 0 Å². The summed E-state index contributed by atoms with van der Waals surface area (Å²) in [5, 5.41) is 3.10. The van der Waals surface area contributed by atoms with Crippen LogP contribution in [-0.2, 0) is 10.2 Å². The maximum absolute atomic E-state index is 14.8. The summed E-state index contributed by atoms with van der Waals surface area (Å²) in [4.78, 5) is 46.0. The van der Waals surface area contributed by atoms with E-state index in [0.717, 1.165) is 33.5 Å². The van der Waals surface area contributed by atoms with Gasteiger partial charge in [-0.1, -0.05) is 96.1 Å². The summed E-state index contributed by atoms with van der Waals surface area (Å²) >= 11 is 0. The number of benzene rings is 4. The molecule has 4 aromatic carbocycles. The number of anilines is 2. The summed E-state index contributed by atoms with van der Waals surface area (Å²) in [5.74, 6) is -1.60. The van der Waals surface area contributed by atoms with Crippen LogP contribution in [0.3, 0.4) is 0 Å². The second-order valence-corrected chi connectivity index (χ2v) is 11.5. The van der Waals surface area contributed by atoms with Crippen molar-refractivity contribution in [3.05, 3.63) is 137 Å². The van der Waals surface area contributed by atoms with E-state index in [2.05, 4.69) is 22.4 Å². The predicted molar refractivity (Wildman–Crippen MR) is 161 cm³/mol. The smallest absolute Gasteiger partial charge is 0.238 e. The second kappa shape index (κ2) is 9.13. The molecule has 5 nitrogen and oxygen atoms in total. The van der Waals surface area contributed by atoms with Crippen LogP contribution >= 0.6 is 0 Å². The third-order valence-electron chi connectivity index (χ3n) is 9.08. The van der Waals surface area contributed by atoms with Gasteiger partial charge in [0.05, 0.1) is 12.0 Å². The quantitative estimate of drug-likeness (QED) is 0.299. The summed E-state index contributed by atoms with van der Waals surface area (Å²) in [6.45, 7) is 6.07. The Morgan fingerprint density at radius 3 is 2.17 bits per heavy atom. The molecule has 0 aromatic heterocycles. The number of hydrogen-bond acceptors (Lipinski definition) is 4. The normalized spacial score (nSPS) is 23.9. The third kappa shape index (κ3) is 3.51. The lowest BCUT2D eigenvalue weighted by Crippen LogP contribution is -2.51. The Morgan fingerprint density at radius 2 is 1.41 bits per heavy atom. The average Bonchev–Trinajstić information content (AvgIpc) is 3.45. The van der Waals surface area contributed by atoms with E-state index in [0.29, 0.717) is 16.8 Å². The van der Waals surface area contributed by atoms with Crippen molar-refractivity contribution < 1.29 is 14.4 Å². The van der Waals surface area contributed by atoms with Gasteiger partial charge in [0.1, 0.15) is 11.5 Å². The van der Waals surface area contributed by atoms with Gasteiger partial charge in [0, 0.05) is 28.1 Å². The van der Waals surface area contributed by atoms with Crippen LogP contribution in [0.4, 0.5) is 11.4 Å². The number of allylic oxidation sites excluding steroid dienone is 1. The highest BCUT2D eigenvalue weighted by molar-refractivity contribution is 6.18. The van der Waals surface area contributed by atoms with Crippen molar-refractivity contribution in [2.24, 2.45) is 5.92 Å². The summed E-state index contributed by atoms with van der Waals surface area (Å²) in [6.07, 6.45) is 2.09. The molecule has 0 unspecified atom stereocenters. The molecule has 1 saturated heterocycles. The summed E-state index contributed by atoms with van der Waals surface area (Å²) in [5.41, 5.74) is 6.19. The van der Waals surface area contributed by atoms with E-state index in [4.69, 9.17) is 0 Å². The number of carbonyl (C=O) groups is 3. The number of para-hydroxylation sites is 1. The first kappa shape index (κ1) is 25.2. The van der Waals surface area contributed by atoms with Gasteiger partial charge in [-0.25, -0.2) is 0 Å². The van der Waals surface area contributed by atoms with E-state index in [-0.39, 0.29) is 17.5 Å². The molecule has 41 heavy (non-hydrogen) atoms. The predicted octanol–water partition coefficient (Wildman–Crippen LogP) is 6.55. The number of ketones is 2. The minimum atomic E-state index is -1.31. The Hall–Kier alpha value is -4.77. The van der Waals surface area contributed by atoms with Gasteiger partial charge in [-0.15, -0.1) is 0 Å². The molecule has 3 heterocycles. The fraction of sp³-hybridized carbons (Fsp3) is 0.194. The molecule has 1 spiro atoms. The van der Waals surface area contributed by atoms with E-state index in [9.17, 15) is 14.4 Å². The molecule has 3 aliphatic heterocycles. The molecule has 1 fully saturated rings. The van der Waals surface area contributed by atoms with Crippen molar-refractivity contribution in [2.45, 2.75) is 38.3 Å². The molecule has 0 saturated carbocycles. The van der Waals surface area contributed by atoms with E-state index >= 15 is 0 Å². The summed E-state index contributed by atoms with van der Waals surface area (Å²) in [7, 11) is 0. The number of carbonyl (C=O) groups excluding carboxylic acids is 3. The fourth-order valence-corrected chi connectivity index (χ4v) is 7.22. The number of aryl methyl sites for hydroxylation is 2. The molecule has 4 aromatic rings. The molecule has 7 rings (SSSR count). The standard InChI is InChI=1S/C36H30N2O3/c1-21-13-16-25(17-14-21)34(40)32-31(33(39)24-9-5-4-6-10-24)36(27-11-7-8-12-28(27)37-35(36)41)30-20-23(3)26-19-22(2)15-18-29(26)38(30)32/h4-20,30-32H,1-3H3,(H,37,41)/t30-,31+,32+,36-/m1/s1. The molecule has 202 valence electrons. The third-order valence-corrected chi connectivity index (χ3v) is 9.08. The highest BCUT2D eigenvalue weighted by Crippen LogP contribution is 2.58. The van der Waals surface area contributed by atoms with Gasteiger partial charge in [0.2, 0.25) is 5.91 Å². The van der Waals surface area contributed by atoms with Gasteiger partial charge >= 0.3 is 0 Å². The maximum atomic E-state index is 14.8. The van der Waals surface area contributed by atoms with Gasteiger partial charge in [0.15, 0.2) is 11.6 Å². The first-order valence-electron chi connectivity index (χ1n) is 14.0. The zero-order valence-corrected chi connectivity index (χ0v) is 23.2. The van der Waals surface area contributed by atoms with Gasteiger partial charge in [0.25, 0.3) is 0 Å². The number of fused-ring (bicyclic) bond motifs is 6. The van der Waals surface area contributed by atoms with Crippen LogP contribution in [0.2, 0.25) is 0 Å². The highest BCUT2D eigenvalue weighted by atomic mass is 16.2. The molecule has 5 heteroatoms. The zero-order valence-electron chi connectivity index (χ0n) is 23.2. The molecule has 1 amide bonds. The maximum Gasteiger partial charge on any atom is 0.238 e. The average molecular weight is 539 g/mol. The number of rotatable bonds is 4. The van der Waals surface area contributed by atoms with E-state index in [1.807, 2.05) is 99.6 Å². The minimum absolute atomic E-state index is 0.169. The Morgan fingerprint density at radius 1 is 0.756 bits per heavy atom. The van der Waals surface area contributed by atoms with E-state index < -0.39 is 23.4 Å². The minimum Gasteiger partial charge on any atom is -0.352 e. The zero-order chi connectivity index (χ0) is 28.5. The van der Waals surface area contributed by atoms with Crippen LogP contribution in [0.25, 0.3) is 5.57 Å². The van der Waals surface area contributed by atoms with Gasteiger partial charge in [-0.05, 0) is 50.1 Å². The van der Waals surface area contributed by atoms with Crippen molar-refractivity contribution in [2.75, 3.05) is 10.2 Å². The SMILES string of the molecule is CC1=C[C@H]2N(c3ccc(C)cc31)[C@H](C(=O)c1ccc(C)cc1)[C@@H](C(=O)c1ccccc1)[C@]21C(=O)Nc2ccccc21. The Bertz CT molecular complexity index is 1770. The highest BCUT2D eigenvalue weighted by Gasteiger charge is 2.70. The van der Waals surface area contributed by atoms with Gasteiger partial charge < -0.3 is 10.2 Å². The van der Waals surface area contributed by atoms with Crippen molar-refractivity contribution in [1.29, 1.82) is 0 Å². The fourth-order valence-electron chi connectivity index (χ4n) is 7.22. The summed E-state index contributed by atoms with van der Waals surface area (Å²) in [6, 6.07) is 28.9. The Balaban J connectivity index is 1.56. The van der Waals surface area contributed by atoms with Crippen LogP contribution in [-0.4, -0.2) is 29.6 Å². The molecule has 0 radical (unpaired) electrons. The molecular formula is C36H30N2O3. The Labute approximate surface area is 239 Å². The number of nitrogens with one attached hydrogen (secondary N) is 1. The molecular weight excluding hydrogens is 508 g/mol. The van der Waals surface area contributed by atoms with Crippen LogP contribution in [0.1, 0.15) is 49.9 Å². The first-order valence-corrected chi connectivity index (χ1v) is 14.0. The lowest BCUT2D eigenvalue weighted by Gasteiger charge is -2.39. The van der Waals surface area contributed by atoms with Crippen molar-refractivity contribution in [1.82, 2.24) is 0 Å². The topological polar surface area (TPSA) is 66.5 Å². The van der Waals surface area contributed by atoms with Crippen LogP contribution in [0.5, 0.6) is 0 Å². The van der Waals surface area contributed by atoms with E-state index in [1.165, 1.54) is 0 Å². The number of amides is 1. The number of nitrogens with zero attached hydrogens (tertiary/aromatic N) is 1. The first-order chi connectivity index (χ1) is 19.8. The van der Waals surface area contributed by atoms with E-state index in [1.54, 1.807) is 12.1 Å². The second-order valence-electron chi connectivity index (χ2n) is 11.5. The van der Waals surface area contributed by atoms with Crippen molar-refractivity contribution in [3.63, 3.8) is 0 Å². The molecule has 1 N–H and O–H groups in total.